The van der Waals surface area contributed by atoms with Crippen molar-refractivity contribution in [1.29, 1.82) is 0 Å². The van der Waals surface area contributed by atoms with Gasteiger partial charge in [0, 0.05) is 35.3 Å². The van der Waals surface area contributed by atoms with Crippen molar-refractivity contribution in [3.8, 4) is 11.3 Å². The molecule has 0 unspecified atom stereocenters. The third-order valence-corrected chi connectivity index (χ3v) is 5.46. The minimum atomic E-state index is -0.836. The summed E-state index contributed by atoms with van der Waals surface area (Å²) in [4.78, 5) is 37.1. The maximum Gasteiger partial charge on any atom is 0.267 e. The van der Waals surface area contributed by atoms with Gasteiger partial charge in [-0.25, -0.2) is 4.68 Å². The van der Waals surface area contributed by atoms with Crippen LogP contribution in [0.1, 0.15) is 25.5 Å². The van der Waals surface area contributed by atoms with Crippen LogP contribution in [0.5, 0.6) is 0 Å². The second kappa shape index (κ2) is 9.08. The number of hydrogen-bond donors (Lipinski definition) is 2. The third kappa shape index (κ3) is 4.67. The van der Waals surface area contributed by atoms with E-state index in [0.29, 0.717) is 17.1 Å². The maximum atomic E-state index is 13.0. The molecule has 7 heteroatoms. The van der Waals surface area contributed by atoms with Gasteiger partial charge >= 0.3 is 0 Å². The van der Waals surface area contributed by atoms with E-state index in [9.17, 15) is 14.4 Å². The molecule has 1 heterocycles. The topological polar surface area (TPSA) is 93.1 Å². The minimum absolute atomic E-state index is 0.174. The lowest BCUT2D eigenvalue weighted by molar-refractivity contribution is -0.119. The quantitative estimate of drug-likeness (QED) is 0.477. The van der Waals surface area contributed by atoms with Gasteiger partial charge < -0.3 is 10.6 Å². The minimum Gasteiger partial charge on any atom is -0.326 e. The molecule has 0 fully saturated rings. The Bertz CT molecular complexity index is 1420. The Morgan fingerprint density at radius 1 is 0.909 bits per heavy atom. The van der Waals surface area contributed by atoms with Gasteiger partial charge in [-0.2, -0.15) is 5.10 Å². The van der Waals surface area contributed by atoms with Gasteiger partial charge in [0.2, 0.25) is 11.8 Å². The van der Waals surface area contributed by atoms with E-state index in [4.69, 9.17) is 0 Å². The SMILES string of the molecule is CC(=O)Nc1cc(-c2ccc(=O)n([C@@H](C)C(=O)Nc3cccc4ccccc34)n2)ccc1C. The van der Waals surface area contributed by atoms with Crippen molar-refractivity contribution in [2.45, 2.75) is 26.8 Å². The van der Waals surface area contributed by atoms with Gasteiger partial charge in [-0.1, -0.05) is 48.5 Å². The molecule has 1 aromatic heterocycles. The number of fused-ring (bicyclic) bond motifs is 1. The number of aryl methyl sites for hydroxylation is 1. The number of aromatic nitrogens is 2. The van der Waals surface area contributed by atoms with E-state index in [1.807, 2.05) is 61.5 Å². The average molecular weight is 441 g/mol. The molecule has 2 amide bonds. The summed E-state index contributed by atoms with van der Waals surface area (Å²) in [7, 11) is 0. The highest BCUT2D eigenvalue weighted by Gasteiger charge is 2.19. The summed E-state index contributed by atoms with van der Waals surface area (Å²) in [5, 5.41) is 12.1. The molecule has 0 aliphatic rings. The molecular formula is C26H24N4O3. The average Bonchev–Trinajstić information content (AvgIpc) is 2.80. The Morgan fingerprint density at radius 2 is 1.67 bits per heavy atom. The van der Waals surface area contributed by atoms with Crippen molar-refractivity contribution < 1.29 is 9.59 Å². The Labute approximate surface area is 191 Å². The van der Waals surface area contributed by atoms with Crippen LogP contribution in [-0.4, -0.2) is 21.6 Å². The molecule has 0 aliphatic carbocycles. The Hall–Kier alpha value is -4.26. The van der Waals surface area contributed by atoms with Crippen LogP contribution in [0.15, 0.2) is 77.6 Å². The van der Waals surface area contributed by atoms with Gasteiger partial charge in [0.25, 0.3) is 5.56 Å². The molecular weight excluding hydrogens is 416 g/mol. The first-order chi connectivity index (χ1) is 15.8. The standard InChI is InChI=1S/C26H24N4O3/c1-16-11-12-20(15-24(16)27-18(3)31)22-13-14-25(32)30(29-22)17(2)26(33)28-23-10-6-8-19-7-4-5-9-21(19)23/h4-15,17H,1-3H3,(H,27,31)(H,28,33)/t17-/m0/s1. The van der Waals surface area contributed by atoms with Crippen LogP contribution in [0.4, 0.5) is 11.4 Å². The first kappa shape index (κ1) is 22.0. The van der Waals surface area contributed by atoms with Crippen molar-refractivity contribution >= 4 is 34.0 Å². The molecule has 4 rings (SSSR count). The molecule has 0 saturated carbocycles. The molecule has 3 aromatic carbocycles. The predicted molar refractivity (Wildman–Crippen MR) is 130 cm³/mol. The maximum absolute atomic E-state index is 13.0. The molecule has 0 aliphatic heterocycles. The van der Waals surface area contributed by atoms with Crippen LogP contribution >= 0.6 is 0 Å². The zero-order valence-electron chi connectivity index (χ0n) is 18.6. The molecule has 33 heavy (non-hydrogen) atoms. The second-order valence-corrected chi connectivity index (χ2v) is 7.90. The van der Waals surface area contributed by atoms with Crippen LogP contribution < -0.4 is 16.2 Å². The summed E-state index contributed by atoms with van der Waals surface area (Å²) in [6.45, 7) is 4.97. The van der Waals surface area contributed by atoms with Crippen LogP contribution in [0, 0.1) is 6.92 Å². The normalized spacial score (nSPS) is 11.7. The van der Waals surface area contributed by atoms with Crippen molar-refractivity contribution in [3.05, 3.63) is 88.7 Å². The summed E-state index contributed by atoms with van der Waals surface area (Å²) >= 11 is 0. The summed E-state index contributed by atoms with van der Waals surface area (Å²) in [5.41, 5.74) is 3.11. The highest BCUT2D eigenvalue weighted by Crippen LogP contribution is 2.25. The Balaban J connectivity index is 1.64. The number of carbonyl (C=O) groups is 2. The van der Waals surface area contributed by atoms with Crippen LogP contribution in [0.25, 0.3) is 22.0 Å². The summed E-state index contributed by atoms with van der Waals surface area (Å²) in [5.74, 6) is -0.521. The van der Waals surface area contributed by atoms with Crippen LogP contribution in [0.2, 0.25) is 0 Å². The monoisotopic (exact) mass is 440 g/mol. The molecule has 2 N–H and O–H groups in total. The zero-order valence-corrected chi connectivity index (χ0v) is 18.6. The Morgan fingerprint density at radius 3 is 2.45 bits per heavy atom. The number of nitrogens with one attached hydrogen (secondary N) is 2. The molecule has 166 valence electrons. The molecule has 0 bridgehead atoms. The molecule has 7 nitrogen and oxygen atoms in total. The van der Waals surface area contributed by atoms with E-state index < -0.39 is 6.04 Å². The van der Waals surface area contributed by atoms with Gasteiger partial charge in [0.15, 0.2) is 0 Å². The highest BCUT2D eigenvalue weighted by molar-refractivity contribution is 6.03. The predicted octanol–water partition coefficient (Wildman–Crippen LogP) is 4.53. The van der Waals surface area contributed by atoms with E-state index in [-0.39, 0.29) is 17.4 Å². The fraction of sp³-hybridized carbons (Fsp3) is 0.154. The third-order valence-electron chi connectivity index (χ3n) is 5.46. The highest BCUT2D eigenvalue weighted by atomic mass is 16.2. The first-order valence-corrected chi connectivity index (χ1v) is 10.6. The number of nitrogens with zero attached hydrogens (tertiary/aromatic N) is 2. The van der Waals surface area contributed by atoms with E-state index in [1.165, 1.54) is 17.7 Å². The summed E-state index contributed by atoms with van der Waals surface area (Å²) in [6.07, 6.45) is 0. The van der Waals surface area contributed by atoms with E-state index in [1.54, 1.807) is 19.1 Å². The van der Waals surface area contributed by atoms with Gasteiger partial charge in [0.05, 0.1) is 5.69 Å². The lowest BCUT2D eigenvalue weighted by Gasteiger charge is -2.16. The van der Waals surface area contributed by atoms with Gasteiger partial charge in [0.1, 0.15) is 6.04 Å². The van der Waals surface area contributed by atoms with Crippen LogP contribution in [-0.2, 0) is 9.59 Å². The molecule has 0 spiro atoms. The number of benzene rings is 3. The first-order valence-electron chi connectivity index (χ1n) is 10.6. The Kier molecular flexibility index (Phi) is 6.04. The smallest absolute Gasteiger partial charge is 0.267 e. The van der Waals surface area contributed by atoms with Gasteiger partial charge in [-0.3, -0.25) is 14.4 Å². The molecule has 4 aromatic rings. The van der Waals surface area contributed by atoms with Crippen molar-refractivity contribution in [2.75, 3.05) is 10.6 Å². The van der Waals surface area contributed by atoms with E-state index in [2.05, 4.69) is 15.7 Å². The zero-order chi connectivity index (χ0) is 23.5. The number of anilines is 2. The fourth-order valence-corrected chi connectivity index (χ4v) is 3.64. The molecule has 1 atom stereocenters. The number of carbonyl (C=O) groups excluding carboxylic acids is 2. The van der Waals surface area contributed by atoms with Gasteiger partial charge in [-0.15, -0.1) is 0 Å². The molecule has 0 saturated heterocycles. The molecule has 0 radical (unpaired) electrons. The van der Waals surface area contributed by atoms with Crippen molar-refractivity contribution in [3.63, 3.8) is 0 Å². The number of amides is 2. The lowest BCUT2D eigenvalue weighted by atomic mass is 10.1. The number of rotatable bonds is 5. The van der Waals surface area contributed by atoms with E-state index >= 15 is 0 Å². The summed E-state index contributed by atoms with van der Waals surface area (Å²) in [6, 6.07) is 21.1. The second-order valence-electron chi connectivity index (χ2n) is 7.90. The fourth-order valence-electron chi connectivity index (χ4n) is 3.64. The van der Waals surface area contributed by atoms with Crippen molar-refractivity contribution in [2.24, 2.45) is 0 Å². The lowest BCUT2D eigenvalue weighted by Crippen LogP contribution is -2.33. The van der Waals surface area contributed by atoms with Crippen molar-refractivity contribution in [1.82, 2.24) is 9.78 Å². The largest absolute Gasteiger partial charge is 0.326 e. The summed E-state index contributed by atoms with van der Waals surface area (Å²) < 4.78 is 1.17. The van der Waals surface area contributed by atoms with Crippen LogP contribution in [0.3, 0.4) is 0 Å². The van der Waals surface area contributed by atoms with E-state index in [0.717, 1.165) is 21.9 Å². The number of hydrogen-bond acceptors (Lipinski definition) is 4. The van der Waals surface area contributed by atoms with Gasteiger partial charge in [-0.05, 0) is 43.0 Å².